The first-order valence-electron chi connectivity index (χ1n) is 7.36. The molecule has 0 aromatic heterocycles. The van der Waals surface area contributed by atoms with Crippen LogP contribution < -0.4 is 14.8 Å². The number of ether oxygens (including phenoxy) is 2. The second-order valence-electron chi connectivity index (χ2n) is 5.16. The van der Waals surface area contributed by atoms with E-state index in [0.717, 1.165) is 25.8 Å². The summed E-state index contributed by atoms with van der Waals surface area (Å²) in [5.41, 5.74) is 3.14. The Morgan fingerprint density at radius 3 is 2.67 bits per heavy atom. The number of fused-ring (bicyclic) bond motifs is 1. The van der Waals surface area contributed by atoms with Crippen molar-refractivity contribution in [3.05, 3.63) is 50.4 Å². The Balaban J connectivity index is 2.10. The maximum absolute atomic E-state index is 12.3. The summed E-state index contributed by atoms with van der Waals surface area (Å²) in [6.07, 6.45) is 1.85. The lowest BCUT2D eigenvalue weighted by molar-refractivity contribution is -0.110. The number of nitrogens with one attached hydrogen (secondary N) is 1. The predicted molar refractivity (Wildman–Crippen MR) is 103 cm³/mol. The number of halogens is 2. The molecule has 0 radical (unpaired) electrons. The van der Waals surface area contributed by atoms with Crippen molar-refractivity contribution in [2.45, 2.75) is 6.92 Å². The molecular weight excluding hydrogens is 438 g/mol. The van der Waals surface area contributed by atoms with Gasteiger partial charge in [-0.15, -0.1) is 0 Å². The number of benzene rings is 2. The van der Waals surface area contributed by atoms with Crippen LogP contribution in [0, 0.1) is 0 Å². The molecule has 24 heavy (non-hydrogen) atoms. The minimum absolute atomic E-state index is 0.122. The summed E-state index contributed by atoms with van der Waals surface area (Å²) in [6.45, 7) is 2.45. The zero-order chi connectivity index (χ0) is 17.3. The molecule has 0 saturated carbocycles. The molecule has 0 fully saturated rings. The maximum Gasteiger partial charge on any atom is 0.256 e. The van der Waals surface area contributed by atoms with Crippen LogP contribution in [0.15, 0.2) is 39.3 Å². The van der Waals surface area contributed by atoms with Crippen LogP contribution >= 0.6 is 31.9 Å². The normalized spacial score (nSPS) is 14.5. The molecule has 4 nitrogen and oxygen atoms in total. The van der Waals surface area contributed by atoms with E-state index in [2.05, 4.69) is 37.2 Å². The second kappa shape index (κ2) is 6.99. The molecule has 1 N–H and O–H groups in total. The van der Waals surface area contributed by atoms with Crippen molar-refractivity contribution in [2.24, 2.45) is 0 Å². The summed E-state index contributed by atoms with van der Waals surface area (Å²) in [5.74, 6) is 1.16. The van der Waals surface area contributed by atoms with Gasteiger partial charge in [0.1, 0.15) is 0 Å². The quantitative estimate of drug-likeness (QED) is 0.655. The van der Waals surface area contributed by atoms with Gasteiger partial charge in [-0.05, 0) is 48.9 Å². The predicted octanol–water partition coefficient (Wildman–Crippen LogP) is 5.11. The molecule has 0 aliphatic carbocycles. The molecule has 6 heteroatoms. The summed E-state index contributed by atoms with van der Waals surface area (Å²) in [7, 11) is 1.60. The van der Waals surface area contributed by atoms with Crippen molar-refractivity contribution in [1.29, 1.82) is 0 Å². The Morgan fingerprint density at radius 2 is 1.96 bits per heavy atom. The summed E-state index contributed by atoms with van der Waals surface area (Å²) in [6, 6.07) is 9.42. The van der Waals surface area contributed by atoms with Gasteiger partial charge in [-0.25, -0.2) is 0 Å². The first kappa shape index (κ1) is 17.0. The molecule has 2 aromatic rings. The number of anilines is 1. The molecule has 0 spiro atoms. The molecule has 0 saturated heterocycles. The van der Waals surface area contributed by atoms with Crippen molar-refractivity contribution in [2.75, 3.05) is 19.0 Å². The van der Waals surface area contributed by atoms with E-state index in [1.54, 1.807) is 7.11 Å². The van der Waals surface area contributed by atoms with Gasteiger partial charge in [0.2, 0.25) is 0 Å². The Hall–Kier alpha value is -1.79. The van der Waals surface area contributed by atoms with Crippen molar-refractivity contribution < 1.29 is 14.3 Å². The number of hydrogen-bond acceptors (Lipinski definition) is 3. The smallest absolute Gasteiger partial charge is 0.256 e. The number of carbonyl (C=O) groups excluding carboxylic acids is 1. The molecule has 0 bridgehead atoms. The number of hydrogen-bond donors (Lipinski definition) is 1. The van der Waals surface area contributed by atoms with Crippen LogP contribution in [0.1, 0.15) is 18.1 Å². The van der Waals surface area contributed by atoms with Crippen LogP contribution in [0.5, 0.6) is 11.5 Å². The number of carbonyl (C=O) groups is 1. The fourth-order valence-electron chi connectivity index (χ4n) is 2.55. The third-order valence-electron chi connectivity index (χ3n) is 3.65. The van der Waals surface area contributed by atoms with Crippen molar-refractivity contribution >= 4 is 55.1 Å². The Bertz CT molecular complexity index is 846. The lowest BCUT2D eigenvalue weighted by Gasteiger charge is -2.12. The van der Waals surface area contributed by atoms with E-state index in [1.807, 2.05) is 43.3 Å². The highest BCUT2D eigenvalue weighted by Gasteiger charge is 2.24. The molecule has 3 rings (SSSR count). The van der Waals surface area contributed by atoms with Crippen molar-refractivity contribution in [1.82, 2.24) is 0 Å². The number of methoxy groups -OCH3 is 1. The van der Waals surface area contributed by atoms with Gasteiger partial charge in [0, 0.05) is 25.8 Å². The lowest BCUT2D eigenvalue weighted by atomic mass is 10.0. The molecular formula is C18H15Br2NO3. The topological polar surface area (TPSA) is 47.6 Å². The van der Waals surface area contributed by atoms with E-state index >= 15 is 0 Å². The fraction of sp³-hybridized carbons (Fsp3) is 0.167. The van der Waals surface area contributed by atoms with Gasteiger partial charge in [-0.3, -0.25) is 4.79 Å². The maximum atomic E-state index is 12.3. The van der Waals surface area contributed by atoms with E-state index in [0.29, 0.717) is 23.7 Å². The van der Waals surface area contributed by atoms with Gasteiger partial charge >= 0.3 is 0 Å². The van der Waals surface area contributed by atoms with E-state index < -0.39 is 0 Å². The Kier molecular flexibility index (Phi) is 4.96. The number of rotatable bonds is 4. The average Bonchev–Trinajstić information content (AvgIpc) is 2.86. The van der Waals surface area contributed by atoms with Gasteiger partial charge in [0.15, 0.2) is 11.5 Å². The summed E-state index contributed by atoms with van der Waals surface area (Å²) < 4.78 is 12.7. The minimum Gasteiger partial charge on any atom is -0.493 e. The van der Waals surface area contributed by atoms with Crippen LogP contribution in [-0.2, 0) is 4.79 Å². The first-order chi connectivity index (χ1) is 11.5. The fourth-order valence-corrected chi connectivity index (χ4v) is 3.35. The van der Waals surface area contributed by atoms with Crippen LogP contribution in [0.25, 0.3) is 11.6 Å². The third kappa shape index (κ3) is 3.21. The molecule has 1 aliphatic heterocycles. The van der Waals surface area contributed by atoms with Gasteiger partial charge in [0.25, 0.3) is 5.91 Å². The van der Waals surface area contributed by atoms with Crippen molar-refractivity contribution in [3.8, 4) is 11.5 Å². The molecule has 0 atom stereocenters. The van der Waals surface area contributed by atoms with Gasteiger partial charge in [0.05, 0.1) is 13.7 Å². The second-order valence-corrected chi connectivity index (χ2v) is 6.93. The van der Waals surface area contributed by atoms with Gasteiger partial charge in [-0.1, -0.05) is 31.9 Å². The monoisotopic (exact) mass is 451 g/mol. The minimum atomic E-state index is -0.122. The van der Waals surface area contributed by atoms with Crippen LogP contribution in [0.4, 0.5) is 5.69 Å². The summed E-state index contributed by atoms with van der Waals surface area (Å²) >= 11 is 6.98. The average molecular weight is 453 g/mol. The zero-order valence-electron chi connectivity index (χ0n) is 13.2. The highest BCUT2D eigenvalue weighted by Crippen LogP contribution is 2.39. The highest BCUT2D eigenvalue weighted by atomic mass is 79.9. The molecule has 124 valence electrons. The molecule has 1 heterocycles. The van der Waals surface area contributed by atoms with E-state index in [9.17, 15) is 4.79 Å². The van der Waals surface area contributed by atoms with Gasteiger partial charge in [-0.2, -0.15) is 0 Å². The molecule has 2 aromatic carbocycles. The van der Waals surface area contributed by atoms with Crippen LogP contribution in [-0.4, -0.2) is 19.6 Å². The molecule has 1 amide bonds. The lowest BCUT2D eigenvalue weighted by Crippen LogP contribution is -2.03. The first-order valence-corrected chi connectivity index (χ1v) is 8.95. The zero-order valence-corrected chi connectivity index (χ0v) is 16.3. The largest absolute Gasteiger partial charge is 0.493 e. The standard InChI is InChI=1S/C18H15Br2NO3/c1-3-24-17-7-10(14(20)9-16(17)23-2)6-13-12-8-11(19)4-5-15(12)21-18(13)22/h4-9H,3H2,1-2H3,(H,21,22). The molecule has 1 aliphatic rings. The highest BCUT2D eigenvalue weighted by molar-refractivity contribution is 9.10. The Labute approximate surface area is 157 Å². The third-order valence-corrected chi connectivity index (χ3v) is 4.83. The van der Waals surface area contributed by atoms with Crippen molar-refractivity contribution in [3.63, 3.8) is 0 Å². The van der Waals surface area contributed by atoms with E-state index in [-0.39, 0.29) is 5.91 Å². The van der Waals surface area contributed by atoms with E-state index in [4.69, 9.17) is 9.47 Å². The van der Waals surface area contributed by atoms with Crippen LogP contribution in [0.3, 0.4) is 0 Å². The summed E-state index contributed by atoms with van der Waals surface area (Å²) in [5, 5.41) is 2.88. The summed E-state index contributed by atoms with van der Waals surface area (Å²) in [4.78, 5) is 12.3. The van der Waals surface area contributed by atoms with Gasteiger partial charge < -0.3 is 14.8 Å². The Morgan fingerprint density at radius 1 is 1.17 bits per heavy atom. The van der Waals surface area contributed by atoms with E-state index in [1.165, 1.54) is 0 Å². The SMILES string of the molecule is CCOc1cc(C=C2C(=O)Nc3ccc(Br)cc32)c(Br)cc1OC. The molecule has 0 unspecified atom stereocenters. The number of amides is 1. The van der Waals surface area contributed by atoms with Crippen LogP contribution in [0.2, 0.25) is 0 Å².